The summed E-state index contributed by atoms with van der Waals surface area (Å²) in [5, 5.41) is 16.6. The monoisotopic (exact) mass is 336 g/mol. The summed E-state index contributed by atoms with van der Waals surface area (Å²) >= 11 is 1.72. The van der Waals surface area contributed by atoms with Crippen LogP contribution in [0.2, 0.25) is 0 Å². The van der Waals surface area contributed by atoms with Gasteiger partial charge in [0, 0.05) is 22.8 Å². The Morgan fingerprint density at radius 3 is 2.70 bits per heavy atom. The van der Waals surface area contributed by atoms with Crippen LogP contribution in [0, 0.1) is 5.92 Å². The summed E-state index contributed by atoms with van der Waals surface area (Å²) in [5.41, 5.74) is 0.314. The summed E-state index contributed by atoms with van der Waals surface area (Å²) in [6.45, 7) is 12.9. The van der Waals surface area contributed by atoms with Crippen molar-refractivity contribution in [1.82, 2.24) is 9.78 Å². The van der Waals surface area contributed by atoms with Gasteiger partial charge in [-0.05, 0) is 31.6 Å². The third-order valence-electron chi connectivity index (χ3n) is 3.86. The van der Waals surface area contributed by atoms with Crippen molar-refractivity contribution in [2.45, 2.75) is 60.1 Å². The van der Waals surface area contributed by atoms with Gasteiger partial charge in [-0.2, -0.15) is 5.10 Å². The van der Waals surface area contributed by atoms with Crippen molar-refractivity contribution in [3.05, 3.63) is 34.9 Å². The van der Waals surface area contributed by atoms with Gasteiger partial charge in [-0.15, -0.1) is 11.8 Å². The van der Waals surface area contributed by atoms with Gasteiger partial charge in [0.15, 0.2) is 0 Å². The van der Waals surface area contributed by atoms with E-state index < -0.39 is 7.12 Å². The quantitative estimate of drug-likeness (QED) is 0.807. The average Bonchev–Trinajstić information content (AvgIpc) is 2.98. The summed E-state index contributed by atoms with van der Waals surface area (Å²) in [6.07, 6.45) is 8.83. The maximum atomic E-state index is 10.2. The molecule has 1 aromatic rings. The van der Waals surface area contributed by atoms with E-state index in [1.807, 2.05) is 38.6 Å². The number of thioether (sulfide) groups is 1. The van der Waals surface area contributed by atoms with E-state index in [2.05, 4.69) is 36.5 Å². The molecule has 0 spiro atoms. The number of allylic oxidation sites excluding steroid dienone is 3. The van der Waals surface area contributed by atoms with Crippen LogP contribution in [0.25, 0.3) is 0 Å². The van der Waals surface area contributed by atoms with Gasteiger partial charge in [0.05, 0.1) is 12.1 Å². The van der Waals surface area contributed by atoms with Crippen LogP contribution in [0.1, 0.15) is 48.0 Å². The van der Waals surface area contributed by atoms with Crippen LogP contribution in [0.15, 0.2) is 34.9 Å². The molecule has 0 fully saturated rings. The Hall–Kier alpha value is -0.975. The molecular formula is C17H29BN2O2S. The highest BCUT2D eigenvalue weighted by Gasteiger charge is 2.31. The molecule has 4 nitrogen and oxygen atoms in total. The Bertz CT molecular complexity index is 538. The van der Waals surface area contributed by atoms with Crippen LogP contribution >= 0.6 is 11.8 Å². The van der Waals surface area contributed by atoms with Crippen LogP contribution in [0.5, 0.6) is 0 Å². The van der Waals surface area contributed by atoms with E-state index in [9.17, 15) is 5.02 Å². The Kier molecular flexibility index (Phi) is 8.16. The standard InChI is InChI=1S/C15H23BN2O2S.C2H6/c1-12(2)15(3,4)20-16(19)13-9-17-18(10-13)11-14-7-5-6-8-21-14;1-2/h6-10,12,19H,5,11H2,1-4H3;1-2H3. The molecule has 0 saturated carbocycles. The summed E-state index contributed by atoms with van der Waals surface area (Å²) in [4.78, 5) is 1.27. The molecule has 1 N–H and O–H groups in total. The lowest BCUT2D eigenvalue weighted by molar-refractivity contribution is 0.0423. The summed E-state index contributed by atoms with van der Waals surface area (Å²) in [7, 11) is -0.941. The minimum atomic E-state index is -0.941. The van der Waals surface area contributed by atoms with Gasteiger partial charge < -0.3 is 9.68 Å². The van der Waals surface area contributed by atoms with Gasteiger partial charge in [0.1, 0.15) is 0 Å². The van der Waals surface area contributed by atoms with Crippen molar-refractivity contribution in [3.8, 4) is 0 Å². The molecule has 128 valence electrons. The van der Waals surface area contributed by atoms with Gasteiger partial charge in [-0.25, -0.2) is 0 Å². The van der Waals surface area contributed by atoms with E-state index in [-0.39, 0.29) is 5.60 Å². The van der Waals surface area contributed by atoms with Crippen molar-refractivity contribution in [2.24, 2.45) is 5.92 Å². The molecule has 0 bridgehead atoms. The second kappa shape index (κ2) is 9.35. The first-order valence-corrected chi connectivity index (χ1v) is 9.15. The first kappa shape index (κ1) is 20.1. The molecule has 2 rings (SSSR count). The zero-order chi connectivity index (χ0) is 17.5. The minimum Gasteiger partial charge on any atom is -0.423 e. The predicted octanol–water partition coefficient (Wildman–Crippen LogP) is 3.58. The fourth-order valence-corrected chi connectivity index (χ4v) is 2.57. The van der Waals surface area contributed by atoms with Crippen LogP contribution in [0.4, 0.5) is 0 Å². The first-order valence-electron chi connectivity index (χ1n) is 8.27. The molecular weight excluding hydrogens is 307 g/mol. The summed E-state index contributed by atoms with van der Waals surface area (Å²) in [6, 6.07) is 0. The molecule has 0 aromatic carbocycles. The van der Waals surface area contributed by atoms with E-state index >= 15 is 0 Å². The normalized spacial score (nSPS) is 14.3. The fraction of sp³-hybridized carbons (Fsp3) is 0.588. The lowest BCUT2D eigenvalue weighted by Crippen LogP contribution is -2.44. The SMILES string of the molecule is CC.CC(C)C(C)(C)OB(O)c1cnn(CC2=CCC=CS2)c1. The Labute approximate surface area is 145 Å². The molecule has 1 aliphatic heterocycles. The zero-order valence-corrected chi connectivity index (χ0v) is 15.9. The number of rotatable bonds is 6. The second-order valence-electron chi connectivity index (χ2n) is 6.10. The topological polar surface area (TPSA) is 47.3 Å². The molecule has 6 heteroatoms. The molecule has 0 amide bonds. The Morgan fingerprint density at radius 1 is 1.43 bits per heavy atom. The van der Waals surface area contributed by atoms with Gasteiger partial charge in [0.2, 0.25) is 0 Å². The van der Waals surface area contributed by atoms with Crippen LogP contribution in [-0.2, 0) is 11.2 Å². The van der Waals surface area contributed by atoms with Crippen molar-refractivity contribution in [3.63, 3.8) is 0 Å². The number of hydrogen-bond donors (Lipinski definition) is 1. The van der Waals surface area contributed by atoms with Crippen LogP contribution in [-0.4, -0.2) is 27.5 Å². The average molecular weight is 336 g/mol. The van der Waals surface area contributed by atoms with Crippen LogP contribution in [0.3, 0.4) is 0 Å². The van der Waals surface area contributed by atoms with Crippen LogP contribution < -0.4 is 5.46 Å². The van der Waals surface area contributed by atoms with Crippen molar-refractivity contribution < 1.29 is 9.68 Å². The molecule has 0 aliphatic carbocycles. The van der Waals surface area contributed by atoms with E-state index in [0.717, 1.165) is 13.0 Å². The highest BCUT2D eigenvalue weighted by atomic mass is 32.2. The van der Waals surface area contributed by atoms with Crippen molar-refractivity contribution in [1.29, 1.82) is 0 Å². The van der Waals surface area contributed by atoms with E-state index in [1.165, 1.54) is 4.91 Å². The highest BCUT2D eigenvalue weighted by molar-refractivity contribution is 8.05. The van der Waals surface area contributed by atoms with E-state index in [0.29, 0.717) is 11.4 Å². The Morgan fingerprint density at radius 2 is 2.13 bits per heavy atom. The number of aromatic nitrogens is 2. The molecule has 0 atom stereocenters. The molecule has 1 aliphatic rings. The second-order valence-corrected chi connectivity index (χ2v) is 7.13. The molecule has 23 heavy (non-hydrogen) atoms. The molecule has 1 aromatic heterocycles. The molecule has 0 unspecified atom stereocenters. The lowest BCUT2D eigenvalue weighted by atomic mass is 9.79. The lowest BCUT2D eigenvalue weighted by Gasteiger charge is -2.31. The third kappa shape index (κ3) is 6.20. The predicted molar refractivity (Wildman–Crippen MR) is 101 cm³/mol. The van der Waals surface area contributed by atoms with Gasteiger partial charge in [0.25, 0.3) is 0 Å². The van der Waals surface area contributed by atoms with Crippen molar-refractivity contribution >= 4 is 24.3 Å². The maximum Gasteiger partial charge on any atom is 0.494 e. The zero-order valence-electron chi connectivity index (χ0n) is 15.1. The van der Waals surface area contributed by atoms with Gasteiger partial charge in [-0.1, -0.05) is 39.8 Å². The van der Waals surface area contributed by atoms with E-state index in [1.54, 1.807) is 18.0 Å². The molecule has 0 saturated heterocycles. The fourth-order valence-electron chi connectivity index (χ4n) is 1.79. The van der Waals surface area contributed by atoms with Crippen molar-refractivity contribution in [2.75, 3.05) is 0 Å². The smallest absolute Gasteiger partial charge is 0.423 e. The molecule has 0 radical (unpaired) electrons. The Balaban J connectivity index is 0.00000127. The number of hydrogen-bond acceptors (Lipinski definition) is 4. The number of nitrogens with zero attached hydrogens (tertiary/aromatic N) is 2. The largest absolute Gasteiger partial charge is 0.494 e. The summed E-state index contributed by atoms with van der Waals surface area (Å²) < 4.78 is 7.60. The van der Waals surface area contributed by atoms with E-state index in [4.69, 9.17) is 4.65 Å². The highest BCUT2D eigenvalue weighted by Crippen LogP contribution is 2.24. The third-order valence-corrected chi connectivity index (χ3v) is 4.79. The first-order chi connectivity index (χ1) is 10.9. The van der Waals surface area contributed by atoms with Gasteiger partial charge >= 0.3 is 7.12 Å². The summed E-state index contributed by atoms with van der Waals surface area (Å²) in [5.74, 6) is 0.317. The maximum absolute atomic E-state index is 10.2. The molecule has 2 heterocycles. The minimum absolute atomic E-state index is 0.317. The van der Waals surface area contributed by atoms with Gasteiger partial charge in [-0.3, -0.25) is 4.68 Å².